The van der Waals surface area contributed by atoms with Gasteiger partial charge in [-0.2, -0.15) is 0 Å². The van der Waals surface area contributed by atoms with Crippen molar-refractivity contribution in [3.05, 3.63) is 79.1 Å². The third kappa shape index (κ3) is 5.51. The zero-order chi connectivity index (χ0) is 19.2. The first-order valence-corrected chi connectivity index (χ1v) is 10.9. The molecular formula is C20H19BrN2O2S2. The van der Waals surface area contributed by atoms with E-state index in [1.807, 2.05) is 53.9 Å². The lowest BCUT2D eigenvalue weighted by Crippen LogP contribution is -2.48. The maximum Gasteiger partial charge on any atom is 0.262 e. The second kappa shape index (κ2) is 9.30. The number of thiophene rings is 2. The molecule has 4 nitrogen and oxygen atoms in total. The Hall–Kier alpha value is -1.96. The van der Waals surface area contributed by atoms with Gasteiger partial charge < -0.3 is 10.2 Å². The molecule has 2 aromatic heterocycles. The lowest BCUT2D eigenvalue weighted by Gasteiger charge is -2.24. The smallest absolute Gasteiger partial charge is 0.262 e. The van der Waals surface area contributed by atoms with Gasteiger partial charge in [0.15, 0.2) is 0 Å². The van der Waals surface area contributed by atoms with Crippen LogP contribution in [-0.4, -0.2) is 29.8 Å². The van der Waals surface area contributed by atoms with Crippen LogP contribution in [0.15, 0.2) is 63.8 Å². The fraction of sp³-hybridized carbons (Fsp3) is 0.200. The van der Waals surface area contributed by atoms with Crippen LogP contribution in [0.1, 0.15) is 20.1 Å². The number of hydrogen-bond acceptors (Lipinski definition) is 4. The highest BCUT2D eigenvalue weighted by Gasteiger charge is 2.25. The molecule has 140 valence electrons. The monoisotopic (exact) mass is 462 g/mol. The fourth-order valence-corrected chi connectivity index (χ4v) is 4.87. The van der Waals surface area contributed by atoms with Gasteiger partial charge in [0.1, 0.15) is 6.04 Å². The lowest BCUT2D eigenvalue weighted by atomic mass is 10.0. The maximum absolute atomic E-state index is 13.1. The molecule has 0 radical (unpaired) electrons. The predicted molar refractivity (Wildman–Crippen MR) is 114 cm³/mol. The molecule has 1 atom stereocenters. The minimum Gasteiger partial charge on any atom is -0.339 e. The number of hydrogen-bond donors (Lipinski definition) is 1. The van der Waals surface area contributed by atoms with Crippen LogP contribution in [0.4, 0.5) is 0 Å². The molecule has 2 amide bonds. The third-order valence-electron chi connectivity index (χ3n) is 4.03. The molecule has 0 bridgehead atoms. The van der Waals surface area contributed by atoms with Crippen LogP contribution in [0.2, 0.25) is 0 Å². The number of rotatable bonds is 7. The normalized spacial score (nSPS) is 11.8. The highest BCUT2D eigenvalue weighted by atomic mass is 79.9. The van der Waals surface area contributed by atoms with E-state index in [0.29, 0.717) is 17.8 Å². The SMILES string of the molecule is CN(Cc1ccc(Br)s1)C(=O)[C@H](Cc1ccccc1)NC(=O)c1cccs1. The minimum atomic E-state index is -0.615. The molecule has 27 heavy (non-hydrogen) atoms. The van der Waals surface area contributed by atoms with Gasteiger partial charge >= 0.3 is 0 Å². The molecule has 1 aromatic carbocycles. The van der Waals surface area contributed by atoms with E-state index in [0.717, 1.165) is 14.2 Å². The van der Waals surface area contributed by atoms with E-state index in [9.17, 15) is 9.59 Å². The van der Waals surface area contributed by atoms with E-state index in [-0.39, 0.29) is 11.8 Å². The summed E-state index contributed by atoms with van der Waals surface area (Å²) >= 11 is 6.41. The van der Waals surface area contributed by atoms with Crippen LogP contribution >= 0.6 is 38.6 Å². The van der Waals surface area contributed by atoms with Gasteiger partial charge in [0.2, 0.25) is 5.91 Å². The van der Waals surface area contributed by atoms with Gasteiger partial charge in [-0.25, -0.2) is 0 Å². The summed E-state index contributed by atoms with van der Waals surface area (Å²) in [5.41, 5.74) is 1.01. The molecule has 1 N–H and O–H groups in total. The van der Waals surface area contributed by atoms with E-state index in [1.165, 1.54) is 11.3 Å². The maximum atomic E-state index is 13.1. The summed E-state index contributed by atoms with van der Waals surface area (Å²) in [6.07, 6.45) is 0.454. The summed E-state index contributed by atoms with van der Waals surface area (Å²) in [5, 5.41) is 4.76. The van der Waals surface area contributed by atoms with E-state index < -0.39 is 6.04 Å². The van der Waals surface area contributed by atoms with Crippen molar-refractivity contribution in [1.82, 2.24) is 10.2 Å². The van der Waals surface area contributed by atoms with Crippen LogP contribution in [0.25, 0.3) is 0 Å². The molecular weight excluding hydrogens is 444 g/mol. The zero-order valence-corrected chi connectivity index (χ0v) is 17.9. The molecule has 0 spiro atoms. The van der Waals surface area contributed by atoms with Gasteiger partial charge in [-0.1, -0.05) is 36.4 Å². The van der Waals surface area contributed by atoms with Crippen molar-refractivity contribution in [2.24, 2.45) is 0 Å². The molecule has 3 aromatic rings. The van der Waals surface area contributed by atoms with Crippen LogP contribution in [0, 0.1) is 0 Å². The topological polar surface area (TPSA) is 49.4 Å². The minimum absolute atomic E-state index is 0.103. The van der Waals surface area contributed by atoms with Crippen molar-refractivity contribution in [1.29, 1.82) is 0 Å². The average molecular weight is 463 g/mol. The van der Waals surface area contributed by atoms with Crippen LogP contribution in [-0.2, 0) is 17.8 Å². The van der Waals surface area contributed by atoms with Crippen molar-refractivity contribution >= 4 is 50.4 Å². The van der Waals surface area contributed by atoms with Crippen LogP contribution < -0.4 is 5.32 Å². The number of carbonyl (C=O) groups excluding carboxylic acids is 2. The molecule has 0 aliphatic heterocycles. The standard InChI is InChI=1S/C20H19BrN2O2S2/c1-23(13-15-9-10-18(21)27-15)20(25)16(12-14-6-3-2-4-7-14)22-19(24)17-8-5-11-26-17/h2-11,16H,12-13H2,1H3,(H,22,24)/t16-/m0/s1. The van der Waals surface area contributed by atoms with Gasteiger partial charge in [-0.05, 0) is 45.1 Å². The first kappa shape index (κ1) is 19.8. The molecule has 0 unspecified atom stereocenters. The summed E-state index contributed by atoms with van der Waals surface area (Å²) in [6, 6.07) is 16.7. The largest absolute Gasteiger partial charge is 0.339 e. The number of halogens is 1. The Bertz CT molecular complexity index is 894. The van der Waals surface area contributed by atoms with Gasteiger partial charge in [-0.3, -0.25) is 9.59 Å². The summed E-state index contributed by atoms with van der Waals surface area (Å²) in [4.78, 5) is 28.9. The lowest BCUT2D eigenvalue weighted by molar-refractivity contribution is -0.132. The average Bonchev–Trinajstić information content (AvgIpc) is 3.33. The molecule has 3 rings (SSSR count). The number of amides is 2. The van der Waals surface area contributed by atoms with E-state index in [1.54, 1.807) is 29.4 Å². The first-order chi connectivity index (χ1) is 13.0. The molecule has 0 saturated heterocycles. The van der Waals surface area contributed by atoms with Crippen LogP contribution in [0.5, 0.6) is 0 Å². The molecule has 2 heterocycles. The summed E-state index contributed by atoms with van der Waals surface area (Å²) in [5.74, 6) is -0.320. The predicted octanol–water partition coefficient (Wildman–Crippen LogP) is 4.57. The van der Waals surface area contributed by atoms with Crippen molar-refractivity contribution in [3.63, 3.8) is 0 Å². The van der Waals surface area contributed by atoms with Crippen molar-refractivity contribution in [2.75, 3.05) is 7.05 Å². The van der Waals surface area contributed by atoms with Gasteiger partial charge in [0.25, 0.3) is 5.91 Å². The molecule has 0 aliphatic carbocycles. The van der Waals surface area contributed by atoms with E-state index in [4.69, 9.17) is 0 Å². The Labute approximate surface area is 175 Å². The summed E-state index contributed by atoms with van der Waals surface area (Å²) in [6.45, 7) is 0.509. The quantitative estimate of drug-likeness (QED) is 0.558. The van der Waals surface area contributed by atoms with E-state index in [2.05, 4.69) is 21.2 Å². The fourth-order valence-electron chi connectivity index (χ4n) is 2.70. The number of nitrogens with one attached hydrogen (secondary N) is 1. The first-order valence-electron chi connectivity index (χ1n) is 8.40. The Kier molecular flexibility index (Phi) is 6.82. The van der Waals surface area contributed by atoms with Gasteiger partial charge in [0, 0.05) is 18.3 Å². The zero-order valence-electron chi connectivity index (χ0n) is 14.7. The summed E-state index contributed by atoms with van der Waals surface area (Å²) < 4.78 is 1.03. The molecule has 0 fully saturated rings. The molecule has 0 aliphatic rings. The van der Waals surface area contributed by atoms with Crippen molar-refractivity contribution < 1.29 is 9.59 Å². The number of benzene rings is 1. The Morgan fingerprint density at radius 1 is 1.11 bits per heavy atom. The number of carbonyl (C=O) groups is 2. The van der Waals surface area contributed by atoms with E-state index >= 15 is 0 Å². The Balaban J connectivity index is 1.74. The molecule has 7 heteroatoms. The molecule has 0 saturated carbocycles. The second-order valence-electron chi connectivity index (χ2n) is 6.09. The van der Waals surface area contributed by atoms with Crippen molar-refractivity contribution in [3.8, 4) is 0 Å². The van der Waals surface area contributed by atoms with Gasteiger partial charge in [-0.15, -0.1) is 22.7 Å². The van der Waals surface area contributed by atoms with Crippen LogP contribution in [0.3, 0.4) is 0 Å². The highest BCUT2D eigenvalue weighted by Crippen LogP contribution is 2.23. The second-order valence-corrected chi connectivity index (χ2v) is 9.59. The Morgan fingerprint density at radius 3 is 2.52 bits per heavy atom. The van der Waals surface area contributed by atoms with Gasteiger partial charge in [0.05, 0.1) is 15.2 Å². The number of likely N-dealkylation sites (N-methyl/N-ethyl adjacent to an activating group) is 1. The number of nitrogens with zero attached hydrogens (tertiary/aromatic N) is 1. The van der Waals surface area contributed by atoms with Crippen molar-refractivity contribution in [2.45, 2.75) is 19.0 Å². The third-order valence-corrected chi connectivity index (χ3v) is 6.51. The summed E-state index contributed by atoms with van der Waals surface area (Å²) in [7, 11) is 1.77. The highest BCUT2D eigenvalue weighted by molar-refractivity contribution is 9.11. The Morgan fingerprint density at radius 2 is 1.89 bits per heavy atom.